The van der Waals surface area contributed by atoms with Crippen molar-refractivity contribution in [2.75, 3.05) is 33.4 Å². The molecule has 44 heavy (non-hydrogen) atoms. The van der Waals surface area contributed by atoms with Crippen LogP contribution in [0.1, 0.15) is 46.2 Å². The van der Waals surface area contributed by atoms with E-state index in [-0.39, 0.29) is 55.3 Å². The molecule has 1 saturated heterocycles. The Labute approximate surface area is 259 Å². The van der Waals surface area contributed by atoms with E-state index in [4.69, 9.17) is 10.5 Å². The number of sulfonamides is 1. The molecule has 0 aliphatic carbocycles. The number of methoxy groups -OCH3 is 1. The SMILES string of the molecule is CCOC(=O)CC1CN(S(=O)(=O)c2ccc3cc(C(N)=NC(=O)OC)ccc3c2)CCN1C(=O)c1nc2c(s1)CNC(C)C2. The van der Waals surface area contributed by atoms with Gasteiger partial charge in [0.15, 0.2) is 5.01 Å². The van der Waals surface area contributed by atoms with Gasteiger partial charge in [-0.05, 0) is 42.8 Å². The number of hydrogen-bond donors (Lipinski definition) is 2. The lowest BCUT2D eigenvalue weighted by atomic mass is 10.1. The second-order valence-electron chi connectivity index (χ2n) is 10.6. The highest BCUT2D eigenvalue weighted by Gasteiger charge is 2.39. The molecule has 13 nitrogen and oxygen atoms in total. The highest BCUT2D eigenvalue weighted by atomic mass is 32.2. The molecular formula is C29H34N6O7S2. The molecule has 5 rings (SSSR count). The van der Waals surface area contributed by atoms with Gasteiger partial charge in [0.1, 0.15) is 5.84 Å². The molecule has 234 valence electrons. The van der Waals surface area contributed by atoms with Gasteiger partial charge in [-0.3, -0.25) is 9.59 Å². The summed E-state index contributed by atoms with van der Waals surface area (Å²) in [6.45, 7) is 4.63. The highest BCUT2D eigenvalue weighted by Crippen LogP contribution is 2.29. The van der Waals surface area contributed by atoms with Crippen LogP contribution in [0.5, 0.6) is 0 Å². The maximum Gasteiger partial charge on any atom is 0.435 e. The molecule has 2 aliphatic heterocycles. The molecule has 3 aromatic rings. The van der Waals surface area contributed by atoms with Gasteiger partial charge in [-0.2, -0.15) is 9.30 Å². The Balaban J connectivity index is 1.38. The zero-order valence-corrected chi connectivity index (χ0v) is 26.2. The number of piperazine rings is 1. The van der Waals surface area contributed by atoms with Gasteiger partial charge in [-0.1, -0.05) is 18.2 Å². The van der Waals surface area contributed by atoms with E-state index in [1.54, 1.807) is 42.2 Å². The Morgan fingerprint density at radius 1 is 1.16 bits per heavy atom. The summed E-state index contributed by atoms with van der Waals surface area (Å²) in [5, 5.41) is 5.03. The Kier molecular flexibility index (Phi) is 9.29. The molecule has 15 heteroatoms. The van der Waals surface area contributed by atoms with Gasteiger partial charge in [-0.15, -0.1) is 11.3 Å². The molecule has 0 radical (unpaired) electrons. The van der Waals surface area contributed by atoms with Crippen LogP contribution in [0.3, 0.4) is 0 Å². The van der Waals surface area contributed by atoms with Gasteiger partial charge < -0.3 is 25.4 Å². The van der Waals surface area contributed by atoms with E-state index in [0.29, 0.717) is 27.9 Å². The van der Waals surface area contributed by atoms with Crippen LogP contribution in [0.25, 0.3) is 10.8 Å². The van der Waals surface area contributed by atoms with Crippen molar-refractivity contribution in [1.29, 1.82) is 0 Å². The molecule has 3 heterocycles. The fourth-order valence-electron chi connectivity index (χ4n) is 5.33. The fraction of sp³-hybridized carbons (Fsp3) is 0.414. The summed E-state index contributed by atoms with van der Waals surface area (Å²) in [5.41, 5.74) is 7.28. The fourth-order valence-corrected chi connectivity index (χ4v) is 7.83. The number of carbonyl (C=O) groups is 3. The van der Waals surface area contributed by atoms with Crippen LogP contribution in [0.15, 0.2) is 46.3 Å². The smallest absolute Gasteiger partial charge is 0.435 e. The van der Waals surface area contributed by atoms with Gasteiger partial charge in [0.25, 0.3) is 5.91 Å². The molecule has 2 aliphatic rings. The molecule has 2 atom stereocenters. The number of benzene rings is 2. The van der Waals surface area contributed by atoms with E-state index in [2.05, 4.69) is 27.0 Å². The van der Waals surface area contributed by atoms with Crippen LogP contribution in [-0.2, 0) is 37.3 Å². The van der Waals surface area contributed by atoms with Gasteiger partial charge in [0.2, 0.25) is 10.0 Å². The molecule has 2 unspecified atom stereocenters. The monoisotopic (exact) mass is 642 g/mol. The van der Waals surface area contributed by atoms with Crippen molar-refractivity contribution in [1.82, 2.24) is 19.5 Å². The minimum absolute atomic E-state index is 0.0281. The van der Waals surface area contributed by atoms with Crippen LogP contribution in [0.2, 0.25) is 0 Å². The summed E-state index contributed by atoms with van der Waals surface area (Å²) >= 11 is 1.33. The minimum atomic E-state index is -3.99. The number of fused-ring (bicyclic) bond motifs is 2. The van der Waals surface area contributed by atoms with Gasteiger partial charge in [0.05, 0.1) is 36.8 Å². The third kappa shape index (κ3) is 6.60. The van der Waals surface area contributed by atoms with E-state index in [0.717, 1.165) is 17.0 Å². The lowest BCUT2D eigenvalue weighted by Gasteiger charge is -2.40. The number of amides is 2. The molecule has 0 bridgehead atoms. The van der Waals surface area contributed by atoms with Crippen molar-refractivity contribution >= 4 is 55.9 Å². The predicted octanol–water partition coefficient (Wildman–Crippen LogP) is 2.27. The van der Waals surface area contributed by atoms with Crippen molar-refractivity contribution in [3.63, 3.8) is 0 Å². The van der Waals surface area contributed by atoms with Crippen molar-refractivity contribution < 1.29 is 32.3 Å². The number of esters is 1. The molecule has 2 aromatic carbocycles. The van der Waals surface area contributed by atoms with Crippen LogP contribution in [-0.4, -0.2) is 91.8 Å². The number of nitrogens with two attached hydrogens (primary N) is 1. The number of nitrogens with one attached hydrogen (secondary N) is 1. The standard InChI is InChI=1S/C29H34N6O7S2/c1-4-42-25(36)14-21-16-34(9-10-35(21)28(37)27-32-23-11-17(2)31-15-24(23)43-27)44(39,40)22-8-7-18-12-20(6-5-19(18)13-22)26(30)33-29(38)41-3/h5-8,12-13,17,21,31H,4,9-11,14-16H2,1-3H3,(H2,30,33,38). The maximum absolute atomic E-state index is 13.8. The number of hydrogen-bond acceptors (Lipinski definition) is 10. The van der Waals surface area contributed by atoms with E-state index in [1.165, 1.54) is 28.8 Å². The number of thiazole rings is 1. The third-order valence-corrected chi connectivity index (χ3v) is 10.6. The number of aliphatic imine (C=N–C) groups is 1. The number of carbonyl (C=O) groups excluding carboxylic acids is 3. The summed E-state index contributed by atoms with van der Waals surface area (Å²) in [6.07, 6.45) is -0.256. The van der Waals surface area contributed by atoms with E-state index < -0.39 is 28.1 Å². The van der Waals surface area contributed by atoms with Gasteiger partial charge >= 0.3 is 12.1 Å². The minimum Gasteiger partial charge on any atom is -0.466 e. The Bertz CT molecular complexity index is 1740. The molecule has 1 aromatic heterocycles. The zero-order valence-electron chi connectivity index (χ0n) is 24.6. The van der Waals surface area contributed by atoms with Gasteiger partial charge in [0, 0.05) is 49.1 Å². The first-order valence-electron chi connectivity index (χ1n) is 14.1. The van der Waals surface area contributed by atoms with Crippen molar-refractivity contribution in [2.24, 2.45) is 10.7 Å². The summed E-state index contributed by atoms with van der Waals surface area (Å²) < 4.78 is 38.6. The number of ether oxygens (including phenoxy) is 2. The Morgan fingerprint density at radius 2 is 1.91 bits per heavy atom. The van der Waals surface area contributed by atoms with E-state index in [9.17, 15) is 22.8 Å². The summed E-state index contributed by atoms with van der Waals surface area (Å²) in [4.78, 5) is 48.5. The molecule has 2 amide bonds. The van der Waals surface area contributed by atoms with Crippen molar-refractivity contribution in [3.8, 4) is 0 Å². The molecule has 3 N–H and O–H groups in total. The first kappa shape index (κ1) is 31.5. The lowest BCUT2D eigenvalue weighted by Crippen LogP contribution is -2.57. The summed E-state index contributed by atoms with van der Waals surface area (Å²) in [5.74, 6) is -0.859. The van der Waals surface area contributed by atoms with E-state index >= 15 is 0 Å². The Morgan fingerprint density at radius 3 is 2.66 bits per heavy atom. The largest absolute Gasteiger partial charge is 0.466 e. The van der Waals surface area contributed by atoms with Crippen LogP contribution >= 0.6 is 11.3 Å². The first-order chi connectivity index (χ1) is 21.0. The summed E-state index contributed by atoms with van der Waals surface area (Å²) in [7, 11) is -2.79. The Hall–Kier alpha value is -3.92. The second-order valence-corrected chi connectivity index (χ2v) is 13.6. The topological polar surface area (TPSA) is 174 Å². The second kappa shape index (κ2) is 13.0. The van der Waals surface area contributed by atoms with Crippen LogP contribution < -0.4 is 11.1 Å². The zero-order chi connectivity index (χ0) is 31.6. The molecule has 0 saturated carbocycles. The molecule has 0 spiro atoms. The number of rotatable bonds is 7. The quantitative estimate of drug-likeness (QED) is 0.221. The first-order valence-corrected chi connectivity index (χ1v) is 16.4. The van der Waals surface area contributed by atoms with Crippen molar-refractivity contribution in [2.45, 2.75) is 50.2 Å². The van der Waals surface area contributed by atoms with Crippen LogP contribution in [0.4, 0.5) is 4.79 Å². The van der Waals surface area contributed by atoms with Crippen molar-refractivity contribution in [3.05, 3.63) is 57.5 Å². The lowest BCUT2D eigenvalue weighted by molar-refractivity contribution is -0.144. The maximum atomic E-state index is 13.8. The molecular weight excluding hydrogens is 608 g/mol. The van der Waals surface area contributed by atoms with E-state index in [1.807, 2.05) is 0 Å². The molecule has 1 fully saturated rings. The average molecular weight is 643 g/mol. The van der Waals surface area contributed by atoms with Crippen LogP contribution in [0, 0.1) is 0 Å². The third-order valence-electron chi connectivity index (χ3n) is 7.62. The number of nitrogens with zero attached hydrogens (tertiary/aromatic N) is 4. The number of amidine groups is 1. The summed E-state index contributed by atoms with van der Waals surface area (Å²) in [6, 6.07) is 9.22. The normalized spacial score (nSPS) is 19.4. The average Bonchev–Trinajstić information content (AvgIpc) is 3.43. The number of aromatic nitrogens is 1. The highest BCUT2D eigenvalue weighted by molar-refractivity contribution is 7.89. The predicted molar refractivity (Wildman–Crippen MR) is 164 cm³/mol. The van der Waals surface area contributed by atoms with Gasteiger partial charge in [-0.25, -0.2) is 18.2 Å².